The molecule has 7 nitrogen and oxygen atoms in total. The van der Waals surface area contributed by atoms with E-state index in [2.05, 4.69) is 20.4 Å². The molecule has 0 amide bonds. The van der Waals surface area contributed by atoms with E-state index in [-0.39, 0.29) is 17.9 Å². The highest BCUT2D eigenvalue weighted by Crippen LogP contribution is 2.39. The summed E-state index contributed by atoms with van der Waals surface area (Å²) in [6.45, 7) is 1.50. The average Bonchev–Trinajstić information content (AvgIpc) is 3.40. The largest absolute Gasteiger partial charge is 0.382 e. The standard InChI is InChI=1S/C20H17F3N6O/c1-13(19-9-29(27-26-19)16-5-2-14(21)3-6-16)20(30,10-28-12-24-11-25-28)17-7-4-15(22)8-18(17)23/h2-9,11-13,30H,10H2,1H3/t13-,20+/m0/s1. The van der Waals surface area contributed by atoms with Gasteiger partial charge in [-0.2, -0.15) is 5.10 Å². The van der Waals surface area contributed by atoms with E-state index in [1.807, 2.05) is 0 Å². The van der Waals surface area contributed by atoms with Gasteiger partial charge < -0.3 is 5.11 Å². The zero-order valence-corrected chi connectivity index (χ0v) is 15.8. The summed E-state index contributed by atoms with van der Waals surface area (Å²) in [5.41, 5.74) is -1.03. The molecule has 0 aliphatic carbocycles. The average molecular weight is 414 g/mol. The molecule has 4 aromatic rings. The number of halogens is 3. The van der Waals surface area contributed by atoms with Crippen molar-refractivity contribution in [2.45, 2.75) is 25.0 Å². The lowest BCUT2D eigenvalue weighted by Crippen LogP contribution is -2.38. The van der Waals surface area contributed by atoms with E-state index in [1.54, 1.807) is 13.1 Å². The topological polar surface area (TPSA) is 81.6 Å². The number of aliphatic hydroxyl groups is 1. The van der Waals surface area contributed by atoms with Gasteiger partial charge in [0.2, 0.25) is 0 Å². The molecular formula is C20H17F3N6O. The van der Waals surface area contributed by atoms with E-state index in [9.17, 15) is 18.3 Å². The molecule has 1 N–H and O–H groups in total. The predicted molar refractivity (Wildman–Crippen MR) is 100 cm³/mol. The zero-order valence-electron chi connectivity index (χ0n) is 15.8. The van der Waals surface area contributed by atoms with Gasteiger partial charge in [0.1, 0.15) is 35.7 Å². The Morgan fingerprint density at radius 3 is 2.47 bits per heavy atom. The summed E-state index contributed by atoms with van der Waals surface area (Å²) in [5.74, 6) is -2.80. The summed E-state index contributed by atoms with van der Waals surface area (Å²) in [6, 6.07) is 8.61. The normalized spacial score (nSPS) is 14.4. The van der Waals surface area contributed by atoms with Gasteiger partial charge in [0, 0.05) is 17.5 Å². The second-order valence-corrected chi connectivity index (χ2v) is 6.93. The van der Waals surface area contributed by atoms with Crippen LogP contribution < -0.4 is 0 Å². The molecule has 4 rings (SSSR count). The van der Waals surface area contributed by atoms with Crippen molar-refractivity contribution in [3.05, 3.63) is 90.0 Å². The summed E-state index contributed by atoms with van der Waals surface area (Å²) >= 11 is 0. The van der Waals surface area contributed by atoms with Crippen LogP contribution in [-0.2, 0) is 12.1 Å². The first-order valence-electron chi connectivity index (χ1n) is 9.05. The van der Waals surface area contributed by atoms with Crippen molar-refractivity contribution >= 4 is 0 Å². The molecule has 2 atom stereocenters. The van der Waals surface area contributed by atoms with Crippen LogP contribution in [0.25, 0.3) is 5.69 Å². The fourth-order valence-corrected chi connectivity index (χ4v) is 3.30. The first kappa shape index (κ1) is 19.8. The molecule has 0 unspecified atom stereocenters. The molecule has 0 bridgehead atoms. The Hall–Kier alpha value is -3.53. The van der Waals surface area contributed by atoms with Gasteiger partial charge in [0.25, 0.3) is 0 Å². The van der Waals surface area contributed by atoms with Crippen molar-refractivity contribution < 1.29 is 18.3 Å². The Kier molecular flexibility index (Phi) is 5.08. The molecule has 2 aromatic heterocycles. The molecule has 0 saturated heterocycles. The van der Waals surface area contributed by atoms with Gasteiger partial charge in [-0.25, -0.2) is 27.5 Å². The SMILES string of the molecule is C[C@@H](c1cn(-c2ccc(F)cc2)nn1)[C@](O)(Cn1cncn1)c1ccc(F)cc1F. The molecule has 154 valence electrons. The van der Waals surface area contributed by atoms with Crippen molar-refractivity contribution in [3.63, 3.8) is 0 Å². The van der Waals surface area contributed by atoms with Crippen molar-refractivity contribution in [3.8, 4) is 5.69 Å². The number of benzene rings is 2. The molecule has 0 fully saturated rings. The Morgan fingerprint density at radius 2 is 1.80 bits per heavy atom. The highest BCUT2D eigenvalue weighted by molar-refractivity contribution is 5.33. The van der Waals surface area contributed by atoms with Crippen LogP contribution in [0.5, 0.6) is 0 Å². The van der Waals surface area contributed by atoms with E-state index in [1.165, 1.54) is 52.4 Å². The quantitative estimate of drug-likeness (QED) is 0.525. The van der Waals surface area contributed by atoms with E-state index >= 15 is 0 Å². The zero-order chi connectivity index (χ0) is 21.3. The van der Waals surface area contributed by atoms with E-state index in [0.29, 0.717) is 17.4 Å². The Labute approximate surface area is 169 Å². The van der Waals surface area contributed by atoms with Gasteiger partial charge in [-0.15, -0.1) is 5.10 Å². The lowest BCUT2D eigenvalue weighted by atomic mass is 9.80. The molecule has 0 aliphatic rings. The number of hydrogen-bond donors (Lipinski definition) is 1. The summed E-state index contributed by atoms with van der Waals surface area (Å²) in [4.78, 5) is 3.84. The molecule has 2 aromatic carbocycles. The van der Waals surface area contributed by atoms with Crippen LogP contribution in [0, 0.1) is 17.5 Å². The third kappa shape index (κ3) is 3.69. The summed E-state index contributed by atoms with van der Waals surface area (Å²) in [6.07, 6.45) is 4.23. The molecule has 0 spiro atoms. The maximum Gasteiger partial charge on any atom is 0.137 e. The van der Waals surface area contributed by atoms with E-state index in [0.717, 1.165) is 6.07 Å². The van der Waals surface area contributed by atoms with Gasteiger partial charge in [-0.3, -0.25) is 0 Å². The van der Waals surface area contributed by atoms with Crippen LogP contribution in [0.1, 0.15) is 24.1 Å². The minimum absolute atomic E-state index is 0.108. The molecule has 30 heavy (non-hydrogen) atoms. The predicted octanol–water partition coefficient (Wildman–Crippen LogP) is 2.97. The lowest BCUT2D eigenvalue weighted by Gasteiger charge is -2.33. The van der Waals surface area contributed by atoms with Gasteiger partial charge in [0.05, 0.1) is 24.1 Å². The number of nitrogens with zero attached hydrogens (tertiary/aromatic N) is 6. The van der Waals surface area contributed by atoms with Crippen LogP contribution in [0.2, 0.25) is 0 Å². The molecule has 10 heteroatoms. The maximum atomic E-state index is 14.6. The van der Waals surface area contributed by atoms with Crippen molar-refractivity contribution in [1.29, 1.82) is 0 Å². The fraction of sp³-hybridized carbons (Fsp3) is 0.200. The first-order valence-corrected chi connectivity index (χ1v) is 9.05. The summed E-state index contributed by atoms with van der Waals surface area (Å²) in [7, 11) is 0. The molecule has 0 saturated carbocycles. The third-order valence-corrected chi connectivity index (χ3v) is 5.03. The highest BCUT2D eigenvalue weighted by atomic mass is 19.1. The highest BCUT2D eigenvalue weighted by Gasteiger charge is 2.41. The molecular weight excluding hydrogens is 397 g/mol. The van der Waals surface area contributed by atoms with Crippen LogP contribution in [0.3, 0.4) is 0 Å². The third-order valence-electron chi connectivity index (χ3n) is 5.03. The van der Waals surface area contributed by atoms with Crippen LogP contribution >= 0.6 is 0 Å². The number of rotatable bonds is 6. The molecule has 0 radical (unpaired) electrons. The maximum absolute atomic E-state index is 14.6. The van der Waals surface area contributed by atoms with Crippen LogP contribution in [0.15, 0.2) is 61.3 Å². The van der Waals surface area contributed by atoms with Gasteiger partial charge >= 0.3 is 0 Å². The first-order chi connectivity index (χ1) is 14.4. The Bertz CT molecular complexity index is 1150. The van der Waals surface area contributed by atoms with Gasteiger partial charge in [0.15, 0.2) is 0 Å². The number of hydrogen-bond acceptors (Lipinski definition) is 5. The Morgan fingerprint density at radius 1 is 1.07 bits per heavy atom. The monoisotopic (exact) mass is 414 g/mol. The van der Waals surface area contributed by atoms with Crippen molar-refractivity contribution in [1.82, 2.24) is 29.8 Å². The smallest absolute Gasteiger partial charge is 0.137 e. The number of aromatic nitrogens is 6. The van der Waals surface area contributed by atoms with Gasteiger partial charge in [-0.05, 0) is 30.3 Å². The van der Waals surface area contributed by atoms with Crippen LogP contribution in [-0.4, -0.2) is 34.9 Å². The fourth-order valence-electron chi connectivity index (χ4n) is 3.30. The second-order valence-electron chi connectivity index (χ2n) is 6.93. The van der Waals surface area contributed by atoms with Gasteiger partial charge in [-0.1, -0.05) is 18.2 Å². The lowest BCUT2D eigenvalue weighted by molar-refractivity contribution is -0.0123. The van der Waals surface area contributed by atoms with Crippen molar-refractivity contribution in [2.75, 3.05) is 0 Å². The molecule has 2 heterocycles. The molecule has 0 aliphatic heterocycles. The Balaban J connectivity index is 1.74. The minimum Gasteiger partial charge on any atom is -0.382 e. The van der Waals surface area contributed by atoms with E-state index < -0.39 is 23.2 Å². The summed E-state index contributed by atoms with van der Waals surface area (Å²) < 4.78 is 44.0. The minimum atomic E-state index is -1.84. The van der Waals surface area contributed by atoms with Crippen molar-refractivity contribution in [2.24, 2.45) is 0 Å². The summed E-state index contributed by atoms with van der Waals surface area (Å²) in [5, 5.41) is 23.7. The second kappa shape index (κ2) is 7.71. The van der Waals surface area contributed by atoms with Crippen LogP contribution in [0.4, 0.5) is 13.2 Å². The van der Waals surface area contributed by atoms with E-state index in [4.69, 9.17) is 0 Å².